The van der Waals surface area contributed by atoms with Crippen LogP contribution in [0, 0.1) is 5.82 Å². The third-order valence-corrected chi connectivity index (χ3v) is 6.27. The number of benzene rings is 2. The molecule has 2 atom stereocenters. The molecule has 0 spiro atoms. The minimum Gasteiger partial charge on any atom is -0.488 e. The largest absolute Gasteiger partial charge is 0.488 e. The van der Waals surface area contributed by atoms with Crippen LogP contribution in [0.4, 0.5) is 9.18 Å². The van der Waals surface area contributed by atoms with E-state index in [0.717, 1.165) is 24.0 Å². The van der Waals surface area contributed by atoms with Gasteiger partial charge in [0.2, 0.25) is 0 Å². The molecule has 1 N–H and O–H groups in total. The Kier molecular flexibility index (Phi) is 6.96. The molecule has 2 aliphatic heterocycles. The number of halogens is 1. The van der Waals surface area contributed by atoms with Crippen LogP contribution >= 0.6 is 0 Å². The molecule has 2 amide bonds. The molecular weight excluding hydrogens is 423 g/mol. The molecule has 0 radical (unpaired) electrons. The topological polar surface area (TPSA) is 67.9 Å². The number of carbonyl (C=O) groups is 2. The van der Waals surface area contributed by atoms with Crippen molar-refractivity contribution in [1.29, 1.82) is 0 Å². The van der Waals surface area contributed by atoms with Gasteiger partial charge in [0, 0.05) is 24.2 Å². The number of nitrogens with one attached hydrogen (secondary N) is 1. The van der Waals surface area contributed by atoms with Crippen LogP contribution in [0.1, 0.15) is 43.7 Å². The normalized spacial score (nSPS) is 19.4. The molecule has 2 bridgehead atoms. The van der Waals surface area contributed by atoms with Crippen LogP contribution in [0.2, 0.25) is 0 Å². The second kappa shape index (κ2) is 10.1. The van der Waals surface area contributed by atoms with Gasteiger partial charge in [-0.2, -0.15) is 0 Å². The van der Waals surface area contributed by atoms with E-state index in [1.54, 1.807) is 11.0 Å². The first-order valence-corrected chi connectivity index (χ1v) is 11.4. The summed E-state index contributed by atoms with van der Waals surface area (Å²) in [6.07, 6.45) is 2.78. The zero-order valence-corrected chi connectivity index (χ0v) is 19.0. The van der Waals surface area contributed by atoms with Crippen molar-refractivity contribution in [2.75, 3.05) is 13.7 Å². The molecule has 1 saturated heterocycles. The predicted molar refractivity (Wildman–Crippen MR) is 123 cm³/mol. The molecule has 2 heterocycles. The molecule has 0 saturated carbocycles. The molecule has 4 rings (SSSR count). The Hall–Kier alpha value is -3.35. The van der Waals surface area contributed by atoms with Crippen LogP contribution in [-0.2, 0) is 16.1 Å². The summed E-state index contributed by atoms with van der Waals surface area (Å²) >= 11 is 0. The molecule has 174 valence electrons. The zero-order chi connectivity index (χ0) is 23.4. The minimum absolute atomic E-state index is 0.0395. The molecule has 6 nitrogen and oxygen atoms in total. The van der Waals surface area contributed by atoms with Crippen molar-refractivity contribution in [1.82, 2.24) is 10.2 Å². The first-order chi connectivity index (χ1) is 16.0. The van der Waals surface area contributed by atoms with E-state index < -0.39 is 11.8 Å². The van der Waals surface area contributed by atoms with Crippen molar-refractivity contribution >= 4 is 17.6 Å². The van der Waals surface area contributed by atoms with Crippen molar-refractivity contribution in [3.05, 3.63) is 71.0 Å². The van der Waals surface area contributed by atoms with E-state index in [1.807, 2.05) is 37.3 Å². The van der Waals surface area contributed by atoms with Crippen LogP contribution in [0.25, 0.3) is 5.57 Å². The number of methoxy groups -OCH3 is 1. The molecule has 0 aliphatic carbocycles. The summed E-state index contributed by atoms with van der Waals surface area (Å²) in [4.78, 5) is 27.6. The van der Waals surface area contributed by atoms with Gasteiger partial charge in [-0.1, -0.05) is 37.3 Å². The maximum atomic E-state index is 14.2. The van der Waals surface area contributed by atoms with E-state index in [1.165, 1.54) is 19.2 Å². The molecule has 2 unspecified atom stereocenters. The van der Waals surface area contributed by atoms with Crippen LogP contribution in [-0.4, -0.2) is 42.6 Å². The summed E-state index contributed by atoms with van der Waals surface area (Å²) in [6, 6.07) is 13.4. The standard InChI is InChI=1S/C26H29FN2O4/c1-3-13-28-26(31)29-19-10-12-22(29)24(25(30)32-2)21(15-19)20-11-9-18(27)14-23(20)33-16-17-7-5-4-6-8-17/h4-9,11,14,19,22H,3,10,12-13,15-16H2,1-2H3,(H,28,31). The predicted octanol–water partition coefficient (Wildman–Crippen LogP) is 4.69. The van der Waals surface area contributed by atoms with Crippen LogP contribution < -0.4 is 10.1 Å². The van der Waals surface area contributed by atoms with Gasteiger partial charge in [-0.05, 0) is 49.0 Å². The summed E-state index contributed by atoms with van der Waals surface area (Å²) < 4.78 is 25.3. The fraction of sp³-hybridized carbons (Fsp3) is 0.385. The van der Waals surface area contributed by atoms with Gasteiger partial charge in [0.1, 0.15) is 18.2 Å². The molecule has 2 aliphatic rings. The van der Waals surface area contributed by atoms with Crippen molar-refractivity contribution < 1.29 is 23.5 Å². The monoisotopic (exact) mass is 452 g/mol. The number of esters is 1. The highest BCUT2D eigenvalue weighted by molar-refractivity contribution is 6.01. The Balaban J connectivity index is 1.72. The Labute approximate surface area is 193 Å². The number of rotatable bonds is 7. The SMILES string of the molecule is CCCNC(=O)N1C2CCC1C(C(=O)OC)=C(c1ccc(F)cc1OCc1ccccc1)C2. The van der Waals surface area contributed by atoms with Crippen LogP contribution in [0.15, 0.2) is 54.1 Å². The third kappa shape index (κ3) is 4.72. The van der Waals surface area contributed by atoms with Crippen LogP contribution in [0.3, 0.4) is 0 Å². The first kappa shape index (κ1) is 22.8. The summed E-state index contributed by atoms with van der Waals surface area (Å²) in [5.41, 5.74) is 2.83. The Morgan fingerprint density at radius 3 is 2.67 bits per heavy atom. The average Bonchev–Trinajstić information content (AvgIpc) is 3.15. The Morgan fingerprint density at radius 2 is 1.94 bits per heavy atom. The Bertz CT molecular complexity index is 1050. The van der Waals surface area contributed by atoms with Crippen molar-refractivity contribution in [2.24, 2.45) is 0 Å². The quantitative estimate of drug-likeness (QED) is 0.619. The maximum absolute atomic E-state index is 14.2. The maximum Gasteiger partial charge on any atom is 0.336 e. The van der Waals surface area contributed by atoms with E-state index in [0.29, 0.717) is 36.3 Å². The van der Waals surface area contributed by atoms with Gasteiger partial charge >= 0.3 is 12.0 Å². The third-order valence-electron chi connectivity index (χ3n) is 6.27. The van der Waals surface area contributed by atoms with Crippen molar-refractivity contribution in [3.63, 3.8) is 0 Å². The molecule has 1 fully saturated rings. The average molecular weight is 453 g/mol. The number of amides is 2. The number of nitrogens with zero attached hydrogens (tertiary/aromatic N) is 1. The first-order valence-electron chi connectivity index (χ1n) is 11.4. The van der Waals surface area contributed by atoms with E-state index in [9.17, 15) is 14.0 Å². The molecule has 33 heavy (non-hydrogen) atoms. The van der Waals surface area contributed by atoms with Gasteiger partial charge in [0.25, 0.3) is 0 Å². The minimum atomic E-state index is -0.470. The number of ether oxygens (including phenoxy) is 2. The lowest BCUT2D eigenvalue weighted by molar-refractivity contribution is -0.136. The lowest BCUT2D eigenvalue weighted by atomic mass is 9.88. The number of hydrogen-bond acceptors (Lipinski definition) is 4. The summed E-state index contributed by atoms with van der Waals surface area (Å²) in [5, 5.41) is 2.93. The highest BCUT2D eigenvalue weighted by atomic mass is 19.1. The molecule has 2 aromatic rings. The second-order valence-corrected chi connectivity index (χ2v) is 8.39. The molecule has 7 heteroatoms. The lowest BCUT2D eigenvalue weighted by Gasteiger charge is -2.37. The fourth-order valence-electron chi connectivity index (χ4n) is 4.77. The summed E-state index contributed by atoms with van der Waals surface area (Å²) in [7, 11) is 1.34. The van der Waals surface area contributed by atoms with Crippen LogP contribution in [0.5, 0.6) is 5.75 Å². The molecular formula is C26H29FN2O4. The van der Waals surface area contributed by atoms with Gasteiger partial charge in [0.05, 0.1) is 18.7 Å². The van der Waals surface area contributed by atoms with Crippen molar-refractivity contribution in [3.8, 4) is 5.75 Å². The van der Waals surface area contributed by atoms with Gasteiger partial charge in [-0.25, -0.2) is 14.0 Å². The van der Waals surface area contributed by atoms with Gasteiger partial charge in [-0.15, -0.1) is 0 Å². The van der Waals surface area contributed by atoms with E-state index in [4.69, 9.17) is 9.47 Å². The van der Waals surface area contributed by atoms with Gasteiger partial charge < -0.3 is 19.7 Å². The van der Waals surface area contributed by atoms with E-state index in [2.05, 4.69) is 5.32 Å². The molecule has 0 aromatic heterocycles. The second-order valence-electron chi connectivity index (χ2n) is 8.39. The lowest BCUT2D eigenvalue weighted by Crippen LogP contribution is -2.51. The number of carbonyl (C=O) groups excluding carboxylic acids is 2. The zero-order valence-electron chi connectivity index (χ0n) is 19.0. The fourth-order valence-corrected chi connectivity index (χ4v) is 4.77. The molecule has 2 aromatic carbocycles. The van der Waals surface area contributed by atoms with E-state index >= 15 is 0 Å². The Morgan fingerprint density at radius 1 is 1.15 bits per heavy atom. The summed E-state index contributed by atoms with van der Waals surface area (Å²) in [5.74, 6) is -0.512. The van der Waals surface area contributed by atoms with E-state index in [-0.39, 0.29) is 24.7 Å². The number of urea groups is 1. The highest BCUT2D eigenvalue weighted by Crippen LogP contribution is 2.45. The smallest absolute Gasteiger partial charge is 0.336 e. The highest BCUT2D eigenvalue weighted by Gasteiger charge is 2.47. The van der Waals surface area contributed by atoms with Crippen molar-refractivity contribution in [2.45, 2.75) is 51.3 Å². The van der Waals surface area contributed by atoms with Gasteiger partial charge in [-0.3, -0.25) is 0 Å². The summed E-state index contributed by atoms with van der Waals surface area (Å²) in [6.45, 7) is 2.85. The van der Waals surface area contributed by atoms with Gasteiger partial charge in [0.15, 0.2) is 0 Å². The number of fused-ring (bicyclic) bond motifs is 2. The number of hydrogen-bond donors (Lipinski definition) is 1.